The Hall–Kier alpha value is -5.45. The van der Waals surface area contributed by atoms with Crippen LogP contribution in [0.15, 0.2) is 91.1 Å². The summed E-state index contributed by atoms with van der Waals surface area (Å²) in [4.78, 5) is 34.5. The van der Waals surface area contributed by atoms with Crippen LogP contribution in [0.4, 0.5) is 4.79 Å². The number of urea groups is 1. The molecule has 1 aromatic heterocycles. The van der Waals surface area contributed by atoms with Crippen LogP contribution in [0.25, 0.3) is 0 Å². The minimum absolute atomic E-state index is 0.205. The normalized spacial score (nSPS) is 15.9. The third-order valence-electron chi connectivity index (χ3n) is 9.90. The summed E-state index contributed by atoms with van der Waals surface area (Å²) in [6.45, 7) is 5.29. The number of benzene rings is 4. The molecule has 2 atom stereocenters. The third kappa shape index (κ3) is 8.77. The summed E-state index contributed by atoms with van der Waals surface area (Å²) >= 11 is 12.2. The number of rotatable bonds is 10. The lowest BCUT2D eigenvalue weighted by Gasteiger charge is -2.38. The van der Waals surface area contributed by atoms with Crippen LogP contribution in [0.2, 0.25) is 10.0 Å². The minimum Gasteiger partial charge on any atom is -0.489 e. The lowest BCUT2D eigenvalue weighted by molar-refractivity contribution is -0.126. The van der Waals surface area contributed by atoms with Crippen molar-refractivity contribution in [2.75, 3.05) is 27.2 Å². The largest absolute Gasteiger partial charge is 0.489 e. The molecule has 0 saturated heterocycles. The average Bonchev–Trinajstić information content (AvgIpc) is 3.19. The highest BCUT2D eigenvalue weighted by Gasteiger charge is 2.37. The number of aromatic nitrogens is 1. The Bertz CT molecular complexity index is 2200. The number of nitrogens with one attached hydrogen (secondary N) is 1. The van der Waals surface area contributed by atoms with Crippen LogP contribution in [-0.4, -0.2) is 60.0 Å². The van der Waals surface area contributed by atoms with Crippen molar-refractivity contribution in [3.63, 3.8) is 0 Å². The van der Waals surface area contributed by atoms with E-state index in [1.54, 1.807) is 37.3 Å². The molecule has 55 heavy (non-hydrogen) atoms. The predicted octanol–water partition coefficient (Wildman–Crippen LogP) is 8.66. The maximum Gasteiger partial charge on any atom is 0.320 e. The summed E-state index contributed by atoms with van der Waals surface area (Å²) in [5.74, 6) is 3.21. The fraction of sp³-hybridized carbons (Fsp3) is 0.279. The molecular formula is C43H42Cl2N4O6. The van der Waals surface area contributed by atoms with Gasteiger partial charge in [0.2, 0.25) is 5.91 Å². The maximum absolute atomic E-state index is 13.7. The molecule has 2 aliphatic rings. The van der Waals surface area contributed by atoms with Crippen molar-refractivity contribution < 1.29 is 28.5 Å². The van der Waals surface area contributed by atoms with Crippen LogP contribution in [0.3, 0.4) is 0 Å². The standard InChI is InChI=1S/C43H42Cl2N4O6/c1-26-27(2)46-18-16-38(26)54-34-10-5-28(6-11-34)15-17-47-42(50)37-20-31-21-39-40(22-32(31)23-49(37)43(51)48(3)4)55-41(25-53-39)30-8-12-33(13-9-30)52-24-29-7-14-35(44)36(45)19-29/h5-14,16,18-19,21-22,37,41H,15,17,20,23-25H2,1-4H3,(H,47,50). The molecule has 12 heteroatoms. The number of amides is 3. The number of halogens is 2. The molecule has 5 aromatic rings. The highest BCUT2D eigenvalue weighted by molar-refractivity contribution is 6.42. The van der Waals surface area contributed by atoms with E-state index in [0.29, 0.717) is 59.9 Å². The van der Waals surface area contributed by atoms with Crippen LogP contribution >= 0.6 is 23.2 Å². The second-order valence-corrected chi connectivity index (χ2v) is 14.7. The van der Waals surface area contributed by atoms with E-state index in [2.05, 4.69) is 10.3 Å². The molecule has 284 valence electrons. The quantitative estimate of drug-likeness (QED) is 0.151. The monoisotopic (exact) mass is 780 g/mol. The number of hydrogen-bond donors (Lipinski definition) is 1. The molecule has 0 bridgehead atoms. The van der Waals surface area contributed by atoms with Gasteiger partial charge in [0.25, 0.3) is 0 Å². The first-order valence-electron chi connectivity index (χ1n) is 18.1. The van der Waals surface area contributed by atoms with Crippen molar-refractivity contribution in [2.45, 2.75) is 52.0 Å². The van der Waals surface area contributed by atoms with Crippen molar-refractivity contribution >= 4 is 35.1 Å². The maximum atomic E-state index is 13.7. The minimum atomic E-state index is -0.682. The fourth-order valence-electron chi connectivity index (χ4n) is 6.61. The Morgan fingerprint density at radius 1 is 0.891 bits per heavy atom. The summed E-state index contributed by atoms with van der Waals surface area (Å²) in [5, 5.41) is 4.06. The van der Waals surface area contributed by atoms with Gasteiger partial charge in [-0.2, -0.15) is 0 Å². The molecule has 0 radical (unpaired) electrons. The molecule has 3 heterocycles. The van der Waals surface area contributed by atoms with Gasteiger partial charge in [0.15, 0.2) is 17.6 Å². The van der Waals surface area contributed by atoms with Crippen LogP contribution < -0.4 is 24.3 Å². The topological polar surface area (TPSA) is 102 Å². The Kier molecular flexibility index (Phi) is 11.4. The number of nitrogens with zero attached hydrogens (tertiary/aromatic N) is 3. The lowest BCUT2D eigenvalue weighted by atomic mass is 9.92. The van der Waals surface area contributed by atoms with Crippen molar-refractivity contribution in [2.24, 2.45) is 0 Å². The zero-order chi connectivity index (χ0) is 38.6. The molecule has 10 nitrogen and oxygen atoms in total. The van der Waals surface area contributed by atoms with Crippen molar-refractivity contribution in [1.29, 1.82) is 0 Å². The van der Waals surface area contributed by atoms with Gasteiger partial charge in [-0.25, -0.2) is 4.79 Å². The molecule has 2 aliphatic heterocycles. The Balaban J connectivity index is 0.969. The van der Waals surface area contributed by atoms with Gasteiger partial charge in [-0.3, -0.25) is 9.78 Å². The Morgan fingerprint density at radius 2 is 1.62 bits per heavy atom. The van der Waals surface area contributed by atoms with Crippen LogP contribution in [0, 0.1) is 13.8 Å². The first-order valence-corrected chi connectivity index (χ1v) is 18.8. The molecule has 1 N–H and O–H groups in total. The fourth-order valence-corrected chi connectivity index (χ4v) is 6.93. The number of pyridine rings is 1. The molecule has 2 unspecified atom stereocenters. The highest BCUT2D eigenvalue weighted by atomic mass is 35.5. The number of hydrogen-bond acceptors (Lipinski definition) is 7. The van der Waals surface area contributed by atoms with E-state index in [4.69, 9.17) is 42.1 Å². The van der Waals surface area contributed by atoms with E-state index in [0.717, 1.165) is 50.6 Å². The zero-order valence-corrected chi connectivity index (χ0v) is 32.6. The van der Waals surface area contributed by atoms with Gasteiger partial charge in [-0.15, -0.1) is 0 Å². The van der Waals surface area contributed by atoms with Gasteiger partial charge in [-0.05, 0) is 103 Å². The van der Waals surface area contributed by atoms with Gasteiger partial charge in [-0.1, -0.05) is 53.5 Å². The predicted molar refractivity (Wildman–Crippen MR) is 212 cm³/mol. The average molecular weight is 782 g/mol. The second-order valence-electron chi connectivity index (χ2n) is 13.9. The van der Waals surface area contributed by atoms with Crippen LogP contribution in [0.5, 0.6) is 28.7 Å². The van der Waals surface area contributed by atoms with E-state index in [1.807, 2.05) is 86.6 Å². The van der Waals surface area contributed by atoms with E-state index in [-0.39, 0.29) is 24.6 Å². The molecule has 7 rings (SSSR count). The summed E-state index contributed by atoms with van der Waals surface area (Å²) in [5.41, 5.74) is 6.69. The molecule has 4 aromatic carbocycles. The van der Waals surface area contributed by atoms with Crippen molar-refractivity contribution in [1.82, 2.24) is 20.1 Å². The zero-order valence-electron chi connectivity index (χ0n) is 31.1. The highest BCUT2D eigenvalue weighted by Crippen LogP contribution is 2.41. The van der Waals surface area contributed by atoms with Gasteiger partial charge in [0.1, 0.15) is 36.5 Å². The Labute approximate surface area is 330 Å². The van der Waals surface area contributed by atoms with Crippen LogP contribution in [-0.2, 0) is 30.8 Å². The molecule has 0 saturated carbocycles. The first kappa shape index (κ1) is 37.8. The SMILES string of the molecule is Cc1nccc(Oc2ccc(CCNC(=O)C3Cc4cc5c(cc4CN3C(=O)N(C)C)OC(c3ccc(OCc4ccc(Cl)c(Cl)c4)cc3)CO5)cc2)c1C. The van der Waals surface area contributed by atoms with Crippen molar-refractivity contribution in [3.05, 3.63) is 140 Å². The first-order chi connectivity index (χ1) is 26.5. The third-order valence-corrected chi connectivity index (χ3v) is 10.6. The molecule has 0 aliphatic carbocycles. The van der Waals surface area contributed by atoms with E-state index < -0.39 is 6.04 Å². The van der Waals surface area contributed by atoms with Gasteiger partial charge < -0.3 is 34.1 Å². The number of carbonyl (C=O) groups is 2. The molecular weight excluding hydrogens is 739 g/mol. The number of carbonyl (C=O) groups excluding carboxylic acids is 2. The summed E-state index contributed by atoms with van der Waals surface area (Å²) in [6, 6.07) is 25.7. The van der Waals surface area contributed by atoms with Gasteiger partial charge in [0.05, 0.1) is 10.0 Å². The molecule has 0 spiro atoms. The number of ether oxygens (including phenoxy) is 4. The second kappa shape index (κ2) is 16.5. The molecule has 0 fully saturated rings. The summed E-state index contributed by atoms with van der Waals surface area (Å²) < 4.78 is 24.7. The van der Waals surface area contributed by atoms with E-state index in [9.17, 15) is 9.59 Å². The molecule has 3 amide bonds. The lowest BCUT2D eigenvalue weighted by Crippen LogP contribution is -2.55. The van der Waals surface area contributed by atoms with Gasteiger partial charge in [0, 0.05) is 51.1 Å². The summed E-state index contributed by atoms with van der Waals surface area (Å²) in [6.07, 6.45) is 2.37. The van der Waals surface area contributed by atoms with Crippen molar-refractivity contribution in [3.8, 4) is 28.7 Å². The van der Waals surface area contributed by atoms with E-state index >= 15 is 0 Å². The number of fused-ring (bicyclic) bond motifs is 2. The van der Waals surface area contributed by atoms with Gasteiger partial charge >= 0.3 is 6.03 Å². The number of aryl methyl sites for hydroxylation is 1. The Morgan fingerprint density at radius 3 is 2.36 bits per heavy atom. The van der Waals surface area contributed by atoms with E-state index in [1.165, 1.54) is 4.90 Å². The van der Waals surface area contributed by atoms with Crippen LogP contribution in [0.1, 0.15) is 45.2 Å². The smallest absolute Gasteiger partial charge is 0.320 e. The summed E-state index contributed by atoms with van der Waals surface area (Å²) in [7, 11) is 3.38.